The molecule has 2 aliphatic heterocycles. The van der Waals surface area contributed by atoms with Crippen molar-refractivity contribution in [3.8, 4) is 28.3 Å². The minimum atomic E-state index is -5.95. The molecule has 216 valence electrons. The first kappa shape index (κ1) is 27.8. The number of rotatable bonds is 5. The Bertz CT molecular complexity index is 1560. The van der Waals surface area contributed by atoms with Crippen LogP contribution in [0.1, 0.15) is 12.0 Å². The lowest BCUT2D eigenvalue weighted by Gasteiger charge is -2.32. The van der Waals surface area contributed by atoms with Crippen LogP contribution in [0.4, 0.5) is 26.3 Å². The van der Waals surface area contributed by atoms with E-state index in [9.17, 15) is 31.4 Å². The van der Waals surface area contributed by atoms with Crippen LogP contribution in [-0.4, -0.2) is 59.0 Å². The summed E-state index contributed by atoms with van der Waals surface area (Å²) in [5, 5.41) is 10.0. The molecule has 3 atom stereocenters. The highest BCUT2D eigenvalue weighted by Crippen LogP contribution is 2.50. The van der Waals surface area contributed by atoms with E-state index in [1.807, 2.05) is 0 Å². The van der Waals surface area contributed by atoms with Crippen LogP contribution in [0, 0.1) is 0 Å². The minimum absolute atomic E-state index is 0.0225. The summed E-state index contributed by atoms with van der Waals surface area (Å²) in [6.07, 6.45) is -11.5. The van der Waals surface area contributed by atoms with E-state index in [0.717, 1.165) is 18.6 Å². The molecule has 1 aromatic heterocycles. The summed E-state index contributed by atoms with van der Waals surface area (Å²) in [6.45, 7) is 1.02. The van der Waals surface area contributed by atoms with Crippen molar-refractivity contribution < 1.29 is 45.7 Å². The topological polar surface area (TPSA) is 76.6 Å². The quantitative estimate of drug-likeness (QED) is 0.247. The number of benzene rings is 3. The van der Waals surface area contributed by atoms with Gasteiger partial charge in [0.05, 0.1) is 28.8 Å². The van der Waals surface area contributed by atoms with Crippen LogP contribution < -0.4 is 4.74 Å². The SMILES string of the molecule is OC(c1ccc(-c2ccc(-c3cc4nc(O[C@@H]5CO[C@@H]6CCO[C@@H]65)[nH]c4cc3Cl)cc2)cc1)(C(F)(F)F)C(F)(F)F. The van der Waals surface area contributed by atoms with E-state index in [2.05, 4.69) is 9.97 Å². The molecule has 0 saturated carbocycles. The molecular weight excluding hydrogens is 578 g/mol. The minimum Gasteiger partial charge on any atom is -0.456 e. The number of H-pyrrole nitrogens is 1. The van der Waals surface area contributed by atoms with Crippen LogP contribution in [-0.2, 0) is 15.1 Å². The normalized spacial score (nSPS) is 21.4. The van der Waals surface area contributed by atoms with Crippen molar-refractivity contribution in [2.45, 2.75) is 42.7 Å². The van der Waals surface area contributed by atoms with Crippen molar-refractivity contribution in [3.05, 3.63) is 71.2 Å². The van der Waals surface area contributed by atoms with Crippen LogP contribution in [0.3, 0.4) is 0 Å². The Morgan fingerprint density at radius 3 is 2.12 bits per heavy atom. The Balaban J connectivity index is 1.22. The predicted octanol–water partition coefficient (Wildman–Crippen LogP) is 6.80. The summed E-state index contributed by atoms with van der Waals surface area (Å²) < 4.78 is 96.5. The van der Waals surface area contributed by atoms with Crippen LogP contribution >= 0.6 is 11.6 Å². The lowest BCUT2D eigenvalue weighted by molar-refractivity contribution is -0.376. The van der Waals surface area contributed by atoms with Crippen molar-refractivity contribution >= 4 is 22.6 Å². The molecule has 0 aliphatic carbocycles. The van der Waals surface area contributed by atoms with E-state index in [1.165, 1.54) is 0 Å². The first-order valence-electron chi connectivity index (χ1n) is 12.5. The van der Waals surface area contributed by atoms with Crippen molar-refractivity contribution in [2.24, 2.45) is 0 Å². The van der Waals surface area contributed by atoms with E-state index < -0.39 is 23.5 Å². The van der Waals surface area contributed by atoms with E-state index in [0.29, 0.717) is 69.7 Å². The maximum absolute atomic E-state index is 13.2. The number of halogens is 7. The van der Waals surface area contributed by atoms with Gasteiger partial charge >= 0.3 is 12.4 Å². The molecule has 3 aromatic carbocycles. The van der Waals surface area contributed by atoms with Crippen LogP contribution in [0.2, 0.25) is 5.02 Å². The fourth-order valence-electron chi connectivity index (χ4n) is 5.19. The molecular formula is C28H21ClF6N2O4. The fraction of sp³-hybridized carbons (Fsp3) is 0.321. The second-order valence-corrected chi connectivity index (χ2v) is 10.3. The first-order valence-corrected chi connectivity index (χ1v) is 12.9. The number of imidazole rings is 1. The average Bonchev–Trinajstić information content (AvgIpc) is 3.64. The van der Waals surface area contributed by atoms with Gasteiger partial charge in [0.2, 0.25) is 0 Å². The van der Waals surface area contributed by atoms with Gasteiger partial charge in [0.1, 0.15) is 6.10 Å². The fourth-order valence-corrected chi connectivity index (χ4v) is 5.47. The molecule has 2 aliphatic rings. The monoisotopic (exact) mass is 598 g/mol. The lowest BCUT2D eigenvalue weighted by Crippen LogP contribution is -2.53. The molecule has 0 bridgehead atoms. The van der Waals surface area contributed by atoms with Gasteiger partial charge in [-0.3, -0.25) is 0 Å². The van der Waals surface area contributed by atoms with E-state index >= 15 is 0 Å². The summed E-state index contributed by atoms with van der Waals surface area (Å²) in [5.74, 6) is 0. The molecule has 3 heterocycles. The highest BCUT2D eigenvalue weighted by Gasteiger charge is 2.71. The molecule has 2 N–H and O–H groups in total. The number of nitrogens with one attached hydrogen (secondary N) is 1. The summed E-state index contributed by atoms with van der Waals surface area (Å²) in [5.41, 5.74) is -2.80. The first-order chi connectivity index (χ1) is 19.3. The number of aromatic nitrogens is 2. The van der Waals surface area contributed by atoms with Gasteiger partial charge in [-0.25, -0.2) is 0 Å². The molecule has 0 amide bonds. The third kappa shape index (κ3) is 4.82. The average molecular weight is 599 g/mol. The Kier molecular flexibility index (Phi) is 6.72. The van der Waals surface area contributed by atoms with E-state index in [-0.39, 0.29) is 18.3 Å². The van der Waals surface area contributed by atoms with Gasteiger partial charge in [-0.2, -0.15) is 31.3 Å². The molecule has 41 heavy (non-hydrogen) atoms. The highest BCUT2D eigenvalue weighted by atomic mass is 35.5. The number of aliphatic hydroxyl groups is 1. The van der Waals surface area contributed by atoms with Gasteiger partial charge in [0.25, 0.3) is 11.6 Å². The third-order valence-electron chi connectivity index (χ3n) is 7.38. The molecule has 0 unspecified atom stereocenters. The zero-order valence-corrected chi connectivity index (χ0v) is 21.6. The molecule has 2 fully saturated rings. The maximum atomic E-state index is 13.2. The number of aromatic amines is 1. The zero-order chi connectivity index (χ0) is 29.2. The van der Waals surface area contributed by atoms with E-state index in [4.69, 9.17) is 25.8 Å². The summed E-state index contributed by atoms with van der Waals surface area (Å²) >= 11 is 6.54. The Hall–Kier alpha value is -3.32. The van der Waals surface area contributed by atoms with E-state index in [1.54, 1.807) is 36.4 Å². The third-order valence-corrected chi connectivity index (χ3v) is 7.70. The number of hydrogen-bond donors (Lipinski definition) is 2. The zero-order valence-electron chi connectivity index (χ0n) is 20.9. The maximum Gasteiger partial charge on any atom is 0.430 e. The van der Waals surface area contributed by atoms with Crippen LogP contribution in [0.5, 0.6) is 6.01 Å². The van der Waals surface area contributed by atoms with Crippen molar-refractivity contribution in [2.75, 3.05) is 13.2 Å². The summed E-state index contributed by atoms with van der Waals surface area (Å²) in [6, 6.07) is 13.9. The number of nitrogens with zero attached hydrogens (tertiary/aromatic N) is 1. The van der Waals surface area contributed by atoms with Gasteiger partial charge in [0.15, 0.2) is 6.10 Å². The van der Waals surface area contributed by atoms with Crippen molar-refractivity contribution in [1.82, 2.24) is 9.97 Å². The molecule has 2 saturated heterocycles. The van der Waals surface area contributed by atoms with Gasteiger partial charge in [-0.05, 0) is 35.2 Å². The molecule has 4 aromatic rings. The standard InChI is InChI=1S/C28H21ClF6N2O4/c29-19-12-21-20(36-25(37-21)41-23-13-40-22-9-10-39-24(22)23)11-18(19)16-3-1-14(2-4-16)15-5-7-17(8-6-15)26(38,27(30,31)32)28(33,34)35/h1-8,11-12,22-24,38H,9-10,13H2,(H,36,37)/t22-,23-,24+/m1/s1. The Morgan fingerprint density at radius 2 is 1.49 bits per heavy atom. The number of ether oxygens (including phenoxy) is 3. The number of fused-ring (bicyclic) bond motifs is 2. The van der Waals surface area contributed by atoms with Gasteiger partial charge < -0.3 is 24.3 Å². The molecule has 0 radical (unpaired) electrons. The smallest absolute Gasteiger partial charge is 0.430 e. The number of alkyl halides is 6. The molecule has 0 spiro atoms. The second-order valence-electron chi connectivity index (χ2n) is 9.90. The summed E-state index contributed by atoms with van der Waals surface area (Å²) in [7, 11) is 0. The van der Waals surface area contributed by atoms with Crippen molar-refractivity contribution in [3.63, 3.8) is 0 Å². The van der Waals surface area contributed by atoms with Gasteiger partial charge in [0, 0.05) is 17.7 Å². The summed E-state index contributed by atoms with van der Waals surface area (Å²) in [4.78, 5) is 7.62. The predicted molar refractivity (Wildman–Crippen MR) is 136 cm³/mol. The van der Waals surface area contributed by atoms with Gasteiger partial charge in [-0.15, -0.1) is 0 Å². The highest BCUT2D eigenvalue weighted by molar-refractivity contribution is 6.34. The van der Waals surface area contributed by atoms with Crippen LogP contribution in [0.15, 0.2) is 60.7 Å². The second kappa shape index (κ2) is 9.90. The molecule has 13 heteroatoms. The van der Waals surface area contributed by atoms with Crippen LogP contribution in [0.25, 0.3) is 33.3 Å². The lowest BCUT2D eigenvalue weighted by atomic mass is 9.90. The largest absolute Gasteiger partial charge is 0.456 e. The Labute approximate surface area is 233 Å². The van der Waals surface area contributed by atoms with Crippen molar-refractivity contribution in [1.29, 1.82) is 0 Å². The Morgan fingerprint density at radius 1 is 0.878 bits per heavy atom. The van der Waals surface area contributed by atoms with Gasteiger partial charge in [-0.1, -0.05) is 60.1 Å². The molecule has 6 nitrogen and oxygen atoms in total. The molecule has 6 rings (SSSR count). The number of hydrogen-bond acceptors (Lipinski definition) is 5.